The highest BCUT2D eigenvalue weighted by molar-refractivity contribution is 5.96. The van der Waals surface area contributed by atoms with E-state index >= 15 is 0 Å². The van der Waals surface area contributed by atoms with Crippen molar-refractivity contribution in [3.8, 4) is 0 Å². The number of nitrogens with one attached hydrogen (secondary N) is 1. The van der Waals surface area contributed by atoms with E-state index in [1.165, 1.54) is 6.42 Å². The van der Waals surface area contributed by atoms with E-state index in [1.807, 2.05) is 0 Å². The van der Waals surface area contributed by atoms with Crippen molar-refractivity contribution in [3.05, 3.63) is 23.8 Å². The monoisotopic (exact) mass is 263 g/mol. The maximum atomic E-state index is 11.9. The third kappa shape index (κ3) is 4.13. The molecule has 1 aromatic carbocycles. The zero-order chi connectivity index (χ0) is 13.7. The fourth-order valence-corrected chi connectivity index (χ4v) is 2.29. The molecule has 1 atom stereocenters. The summed E-state index contributed by atoms with van der Waals surface area (Å²) in [6.07, 6.45) is 4.57. The smallest absolute Gasteiger partial charge is 0.251 e. The van der Waals surface area contributed by atoms with Crippen LogP contribution in [0.25, 0.3) is 0 Å². The third-order valence-corrected chi connectivity index (χ3v) is 3.27. The summed E-state index contributed by atoms with van der Waals surface area (Å²) in [5.74, 6) is -0.144. The van der Waals surface area contributed by atoms with Gasteiger partial charge in [-0.05, 0) is 43.9 Å². The van der Waals surface area contributed by atoms with E-state index in [9.17, 15) is 4.79 Å². The van der Waals surface area contributed by atoms with Crippen LogP contribution in [0.1, 0.15) is 36.0 Å². The summed E-state index contributed by atoms with van der Waals surface area (Å²) in [6.45, 7) is 1.45. The number of ether oxygens (including phenoxy) is 1. The lowest BCUT2D eigenvalue weighted by atomic mass is 10.1. The van der Waals surface area contributed by atoms with Crippen molar-refractivity contribution < 1.29 is 9.53 Å². The van der Waals surface area contributed by atoms with Gasteiger partial charge in [-0.25, -0.2) is 0 Å². The van der Waals surface area contributed by atoms with Crippen LogP contribution in [-0.4, -0.2) is 25.2 Å². The molecule has 0 bridgehead atoms. The molecule has 1 heterocycles. The van der Waals surface area contributed by atoms with Gasteiger partial charge in [0, 0.05) is 30.1 Å². The SMILES string of the molecule is Nc1cc(N)cc(C(=O)NCCC2CCCCO2)c1. The van der Waals surface area contributed by atoms with Gasteiger partial charge in [-0.15, -0.1) is 0 Å². The zero-order valence-electron chi connectivity index (χ0n) is 11.0. The van der Waals surface area contributed by atoms with Gasteiger partial charge < -0.3 is 21.5 Å². The Kier molecular flexibility index (Phi) is 4.63. The minimum atomic E-state index is -0.144. The molecule has 1 aliphatic rings. The second-order valence-electron chi connectivity index (χ2n) is 4.92. The van der Waals surface area contributed by atoms with Gasteiger partial charge in [0.2, 0.25) is 0 Å². The summed E-state index contributed by atoms with van der Waals surface area (Å²) >= 11 is 0. The van der Waals surface area contributed by atoms with Gasteiger partial charge in [0.15, 0.2) is 0 Å². The summed E-state index contributed by atoms with van der Waals surface area (Å²) in [4.78, 5) is 11.9. The van der Waals surface area contributed by atoms with Gasteiger partial charge in [0.1, 0.15) is 0 Å². The van der Waals surface area contributed by atoms with Gasteiger partial charge in [0.05, 0.1) is 6.10 Å². The zero-order valence-corrected chi connectivity index (χ0v) is 11.0. The predicted octanol–water partition coefficient (Wildman–Crippen LogP) is 1.54. The maximum absolute atomic E-state index is 11.9. The quantitative estimate of drug-likeness (QED) is 0.719. The average molecular weight is 263 g/mol. The first kappa shape index (κ1) is 13.7. The Morgan fingerprint density at radius 2 is 2.00 bits per heavy atom. The van der Waals surface area contributed by atoms with Crippen molar-refractivity contribution in [2.45, 2.75) is 31.8 Å². The number of carbonyl (C=O) groups excluding carboxylic acids is 1. The summed E-state index contributed by atoms with van der Waals surface area (Å²) in [7, 11) is 0. The van der Waals surface area contributed by atoms with Crippen LogP contribution in [0.4, 0.5) is 11.4 Å². The van der Waals surface area contributed by atoms with E-state index in [0.717, 1.165) is 25.9 Å². The fraction of sp³-hybridized carbons (Fsp3) is 0.500. The number of carbonyl (C=O) groups is 1. The summed E-state index contributed by atoms with van der Waals surface area (Å²) in [6, 6.07) is 4.89. The van der Waals surface area contributed by atoms with Crippen molar-refractivity contribution in [2.75, 3.05) is 24.6 Å². The Labute approximate surface area is 113 Å². The molecule has 5 nitrogen and oxygen atoms in total. The lowest BCUT2D eigenvalue weighted by Gasteiger charge is -2.22. The number of nitrogen functional groups attached to an aromatic ring is 2. The van der Waals surface area contributed by atoms with Gasteiger partial charge in [-0.1, -0.05) is 0 Å². The molecule has 0 aromatic heterocycles. The van der Waals surface area contributed by atoms with Crippen molar-refractivity contribution in [1.29, 1.82) is 0 Å². The minimum absolute atomic E-state index is 0.144. The van der Waals surface area contributed by atoms with Crippen LogP contribution in [-0.2, 0) is 4.74 Å². The molecular weight excluding hydrogens is 242 g/mol. The highest BCUT2D eigenvalue weighted by Gasteiger charge is 2.14. The molecule has 0 saturated carbocycles. The first-order valence-electron chi connectivity index (χ1n) is 6.71. The molecular formula is C14H21N3O2. The molecule has 5 heteroatoms. The van der Waals surface area contributed by atoms with Crippen LogP contribution in [0.2, 0.25) is 0 Å². The van der Waals surface area contributed by atoms with E-state index in [4.69, 9.17) is 16.2 Å². The number of benzene rings is 1. The number of anilines is 2. The Bertz CT molecular complexity index is 422. The summed E-state index contributed by atoms with van der Waals surface area (Å²) in [5.41, 5.74) is 12.8. The molecule has 5 N–H and O–H groups in total. The van der Waals surface area contributed by atoms with E-state index in [1.54, 1.807) is 18.2 Å². The van der Waals surface area contributed by atoms with Crippen molar-refractivity contribution in [3.63, 3.8) is 0 Å². The van der Waals surface area contributed by atoms with Gasteiger partial charge >= 0.3 is 0 Å². The van der Waals surface area contributed by atoms with Gasteiger partial charge in [-0.2, -0.15) is 0 Å². The highest BCUT2D eigenvalue weighted by Crippen LogP contribution is 2.16. The Hall–Kier alpha value is -1.75. The van der Waals surface area contributed by atoms with Crippen LogP contribution in [0.3, 0.4) is 0 Å². The molecule has 0 aliphatic carbocycles. The third-order valence-electron chi connectivity index (χ3n) is 3.27. The van der Waals surface area contributed by atoms with E-state index < -0.39 is 0 Å². The molecule has 1 unspecified atom stereocenters. The number of hydrogen-bond acceptors (Lipinski definition) is 4. The second kappa shape index (κ2) is 6.43. The standard InChI is InChI=1S/C14H21N3O2/c15-11-7-10(8-12(16)9-11)14(18)17-5-4-13-3-1-2-6-19-13/h7-9,13H,1-6,15-16H2,(H,17,18). The molecule has 2 rings (SSSR count). The number of rotatable bonds is 4. The molecule has 19 heavy (non-hydrogen) atoms. The molecule has 1 amide bonds. The van der Waals surface area contributed by atoms with Crippen LogP contribution in [0.15, 0.2) is 18.2 Å². The fourth-order valence-electron chi connectivity index (χ4n) is 2.29. The van der Waals surface area contributed by atoms with Crippen molar-refractivity contribution >= 4 is 17.3 Å². The Balaban J connectivity index is 1.80. The molecule has 0 radical (unpaired) electrons. The maximum Gasteiger partial charge on any atom is 0.251 e. The van der Waals surface area contributed by atoms with E-state index in [2.05, 4.69) is 5.32 Å². The molecule has 1 aromatic rings. The van der Waals surface area contributed by atoms with Crippen LogP contribution >= 0.6 is 0 Å². The summed E-state index contributed by atoms with van der Waals surface area (Å²) in [5, 5.41) is 2.87. The molecule has 1 aliphatic heterocycles. The average Bonchev–Trinajstić information content (AvgIpc) is 2.38. The van der Waals surface area contributed by atoms with Crippen LogP contribution in [0, 0.1) is 0 Å². The van der Waals surface area contributed by atoms with Crippen LogP contribution < -0.4 is 16.8 Å². The molecule has 0 spiro atoms. The Morgan fingerprint density at radius 1 is 1.26 bits per heavy atom. The first-order valence-corrected chi connectivity index (χ1v) is 6.71. The number of amides is 1. The number of nitrogens with two attached hydrogens (primary N) is 2. The molecule has 1 saturated heterocycles. The van der Waals surface area contributed by atoms with Crippen LogP contribution in [0.5, 0.6) is 0 Å². The van der Waals surface area contributed by atoms with Gasteiger partial charge in [-0.3, -0.25) is 4.79 Å². The topological polar surface area (TPSA) is 90.4 Å². The van der Waals surface area contributed by atoms with Gasteiger partial charge in [0.25, 0.3) is 5.91 Å². The lowest BCUT2D eigenvalue weighted by Crippen LogP contribution is -2.29. The first-order chi connectivity index (χ1) is 9.15. The molecule has 104 valence electrons. The van der Waals surface area contributed by atoms with E-state index in [0.29, 0.717) is 23.5 Å². The highest BCUT2D eigenvalue weighted by atomic mass is 16.5. The minimum Gasteiger partial charge on any atom is -0.399 e. The Morgan fingerprint density at radius 3 is 2.63 bits per heavy atom. The van der Waals surface area contributed by atoms with E-state index in [-0.39, 0.29) is 12.0 Å². The predicted molar refractivity (Wildman–Crippen MR) is 75.8 cm³/mol. The lowest BCUT2D eigenvalue weighted by molar-refractivity contribution is 0.0117. The number of hydrogen-bond donors (Lipinski definition) is 3. The molecule has 1 fully saturated rings. The summed E-state index contributed by atoms with van der Waals surface area (Å²) < 4.78 is 5.61. The van der Waals surface area contributed by atoms with Crippen molar-refractivity contribution in [2.24, 2.45) is 0 Å². The van der Waals surface area contributed by atoms with Crippen molar-refractivity contribution in [1.82, 2.24) is 5.32 Å². The normalized spacial score (nSPS) is 19.1. The second-order valence-corrected chi connectivity index (χ2v) is 4.92. The largest absolute Gasteiger partial charge is 0.399 e.